The van der Waals surface area contributed by atoms with Crippen molar-refractivity contribution in [1.82, 2.24) is 4.98 Å². The molecule has 33 heavy (non-hydrogen) atoms. The molecule has 1 unspecified atom stereocenters. The summed E-state index contributed by atoms with van der Waals surface area (Å²) >= 11 is 1.62. The van der Waals surface area contributed by atoms with Crippen molar-refractivity contribution >= 4 is 36.0 Å². The number of nitrogens with two attached hydrogens (primary N) is 1. The van der Waals surface area contributed by atoms with Crippen LogP contribution in [0, 0.1) is 0 Å². The van der Waals surface area contributed by atoms with Gasteiger partial charge in [-0.2, -0.15) is 0 Å². The highest BCUT2D eigenvalue weighted by Crippen LogP contribution is 2.44. The number of anilines is 2. The smallest absolute Gasteiger partial charge is 0.255 e. The highest BCUT2D eigenvalue weighted by Gasteiger charge is 2.19. The van der Waals surface area contributed by atoms with Gasteiger partial charge in [0, 0.05) is 29.0 Å². The molecule has 0 aliphatic heterocycles. The Balaban J connectivity index is 1.38. The molecule has 4 rings (SSSR count). The number of rotatable bonds is 8. The summed E-state index contributed by atoms with van der Waals surface area (Å²) in [7, 11) is -3.32. The summed E-state index contributed by atoms with van der Waals surface area (Å²) in [6.45, 7) is 0. The summed E-state index contributed by atoms with van der Waals surface area (Å²) in [5, 5.41) is 4.88. The molecule has 0 radical (unpaired) electrons. The highest BCUT2D eigenvalue weighted by atomic mass is 32.1. The predicted octanol–water partition coefficient (Wildman–Crippen LogP) is 5.66. The van der Waals surface area contributed by atoms with E-state index in [-0.39, 0.29) is 18.2 Å². The molecule has 2 aromatic carbocycles. The minimum atomic E-state index is -3.32. The molecular weight excluding hydrogens is 453 g/mol. The fourth-order valence-electron chi connectivity index (χ4n) is 3.44. The van der Waals surface area contributed by atoms with Crippen LogP contribution in [0.5, 0.6) is 0 Å². The maximum atomic E-state index is 12.7. The number of pyridine rings is 1. The molecule has 2 aromatic heterocycles. The third-order valence-corrected chi connectivity index (χ3v) is 7.93. The van der Waals surface area contributed by atoms with Gasteiger partial charge in [-0.1, -0.05) is 30.3 Å². The molecule has 0 saturated carbocycles. The summed E-state index contributed by atoms with van der Waals surface area (Å²) < 4.78 is 12.5. The zero-order valence-corrected chi connectivity index (χ0v) is 19.6. The van der Waals surface area contributed by atoms with Crippen molar-refractivity contribution in [3.05, 3.63) is 101 Å². The van der Waals surface area contributed by atoms with Crippen LogP contribution in [0.1, 0.15) is 21.5 Å². The van der Waals surface area contributed by atoms with Crippen LogP contribution in [-0.4, -0.2) is 21.9 Å². The van der Waals surface area contributed by atoms with Crippen molar-refractivity contribution in [2.24, 2.45) is 0 Å². The number of thiophene rings is 1. The van der Waals surface area contributed by atoms with E-state index in [1.807, 2.05) is 41.8 Å². The Morgan fingerprint density at radius 3 is 2.58 bits per heavy atom. The third kappa shape index (κ3) is 6.17. The van der Waals surface area contributed by atoms with Crippen molar-refractivity contribution in [2.45, 2.75) is 12.6 Å². The lowest BCUT2D eigenvalue weighted by Crippen LogP contribution is -2.13. The number of aromatic nitrogens is 1. The fraction of sp³-hybridized carbons (Fsp3) is 0.120. The van der Waals surface area contributed by atoms with Gasteiger partial charge in [0.25, 0.3) is 5.91 Å². The summed E-state index contributed by atoms with van der Waals surface area (Å²) in [4.78, 5) is 28.1. The summed E-state index contributed by atoms with van der Waals surface area (Å²) in [6.07, 6.45) is 3.97. The number of nitrogens with zero attached hydrogens (tertiary/aromatic N) is 1. The predicted molar refractivity (Wildman–Crippen MR) is 135 cm³/mol. The first-order chi connectivity index (χ1) is 15.9. The van der Waals surface area contributed by atoms with Gasteiger partial charge >= 0.3 is 0 Å². The standard InChI is InChI=1S/C25H24N3O3PS/c26-22-10-9-21(24-4-2-14-33-24)15-23(22)28-25(29)20-7-5-18(6-8-20)11-13-32(30,31)17-19-3-1-12-27-16-19/h1-10,12,14-16H,11,13,17,26H2,(H,28,29)(H,30,31). The number of nitrogens with one attached hydrogen (secondary N) is 1. The van der Waals surface area contributed by atoms with Crippen LogP contribution in [0.2, 0.25) is 0 Å². The van der Waals surface area contributed by atoms with Gasteiger partial charge in [0.15, 0.2) is 0 Å². The molecule has 0 aliphatic rings. The second-order valence-corrected chi connectivity index (χ2v) is 11.2. The Morgan fingerprint density at radius 1 is 1.06 bits per heavy atom. The molecule has 0 bridgehead atoms. The second kappa shape index (κ2) is 10.1. The van der Waals surface area contributed by atoms with Gasteiger partial charge in [-0.15, -0.1) is 11.3 Å². The molecule has 0 spiro atoms. The van der Waals surface area contributed by atoms with Crippen LogP contribution in [0.3, 0.4) is 0 Å². The number of benzene rings is 2. The minimum absolute atomic E-state index is 0.104. The fourth-order valence-corrected chi connectivity index (χ4v) is 5.68. The van der Waals surface area contributed by atoms with Gasteiger partial charge in [0.05, 0.1) is 17.5 Å². The lowest BCUT2D eigenvalue weighted by atomic mass is 10.1. The van der Waals surface area contributed by atoms with Crippen LogP contribution in [0.15, 0.2) is 84.5 Å². The zero-order valence-electron chi connectivity index (χ0n) is 17.8. The van der Waals surface area contributed by atoms with E-state index >= 15 is 0 Å². The largest absolute Gasteiger partial charge is 0.397 e. The Hall–Kier alpha value is -3.25. The minimum Gasteiger partial charge on any atom is -0.397 e. The Bertz CT molecular complexity index is 1280. The molecule has 0 aliphatic carbocycles. The molecule has 8 heteroatoms. The monoisotopic (exact) mass is 477 g/mol. The number of hydrogen-bond acceptors (Lipinski definition) is 5. The normalized spacial score (nSPS) is 12.8. The van der Waals surface area contributed by atoms with Crippen LogP contribution in [-0.2, 0) is 17.1 Å². The molecule has 6 nitrogen and oxygen atoms in total. The van der Waals surface area contributed by atoms with Gasteiger partial charge in [-0.25, -0.2) is 0 Å². The molecule has 0 saturated heterocycles. The van der Waals surface area contributed by atoms with Crippen molar-refractivity contribution in [3.8, 4) is 10.4 Å². The van der Waals surface area contributed by atoms with E-state index in [9.17, 15) is 14.3 Å². The number of nitrogen functional groups attached to an aromatic ring is 1. The van der Waals surface area contributed by atoms with Gasteiger partial charge in [0.1, 0.15) is 0 Å². The number of hydrogen-bond donors (Lipinski definition) is 3. The van der Waals surface area contributed by atoms with Crippen LogP contribution in [0.25, 0.3) is 10.4 Å². The topological polar surface area (TPSA) is 105 Å². The summed E-state index contributed by atoms with van der Waals surface area (Å²) in [6, 6.07) is 20.2. The lowest BCUT2D eigenvalue weighted by molar-refractivity contribution is 0.102. The van der Waals surface area contributed by atoms with E-state index in [0.29, 0.717) is 23.4 Å². The Kier molecular flexibility index (Phi) is 7.04. The average Bonchev–Trinajstić information content (AvgIpc) is 3.35. The first-order valence-electron chi connectivity index (χ1n) is 10.4. The van der Waals surface area contributed by atoms with Crippen molar-refractivity contribution < 1.29 is 14.3 Å². The maximum absolute atomic E-state index is 12.7. The first-order valence-corrected chi connectivity index (χ1v) is 13.3. The SMILES string of the molecule is Nc1ccc(-c2cccs2)cc1NC(=O)c1ccc(CCP(=O)(O)Cc2cccnc2)cc1. The molecular formula is C25H24N3O3PS. The van der Waals surface area contributed by atoms with Crippen molar-refractivity contribution in [1.29, 1.82) is 0 Å². The van der Waals surface area contributed by atoms with Crippen molar-refractivity contribution in [2.75, 3.05) is 17.2 Å². The molecule has 168 valence electrons. The van der Waals surface area contributed by atoms with E-state index in [0.717, 1.165) is 21.6 Å². The molecule has 1 amide bonds. The first kappa shape index (κ1) is 22.9. The Labute approximate surface area is 196 Å². The molecule has 4 N–H and O–H groups in total. The zero-order chi connectivity index (χ0) is 23.3. The lowest BCUT2D eigenvalue weighted by Gasteiger charge is -2.12. The number of aryl methyl sites for hydroxylation is 1. The highest BCUT2D eigenvalue weighted by molar-refractivity contribution is 7.57. The van der Waals surface area contributed by atoms with Gasteiger partial charge < -0.3 is 15.9 Å². The number of carbonyl (C=O) groups is 1. The third-order valence-electron chi connectivity index (χ3n) is 5.23. The molecule has 0 fully saturated rings. The maximum Gasteiger partial charge on any atom is 0.255 e. The van der Waals surface area contributed by atoms with E-state index in [2.05, 4.69) is 10.3 Å². The summed E-state index contributed by atoms with van der Waals surface area (Å²) in [5.41, 5.74) is 10.2. The van der Waals surface area contributed by atoms with Gasteiger partial charge in [0.2, 0.25) is 7.37 Å². The van der Waals surface area contributed by atoms with E-state index in [4.69, 9.17) is 5.73 Å². The van der Waals surface area contributed by atoms with Crippen LogP contribution < -0.4 is 11.1 Å². The quantitative estimate of drug-likeness (QED) is 0.224. The average molecular weight is 478 g/mol. The molecule has 4 aromatic rings. The van der Waals surface area contributed by atoms with Crippen LogP contribution in [0.4, 0.5) is 11.4 Å². The van der Waals surface area contributed by atoms with E-state index < -0.39 is 7.37 Å². The molecule has 2 heterocycles. The molecule has 1 atom stereocenters. The van der Waals surface area contributed by atoms with Crippen LogP contribution >= 0.6 is 18.7 Å². The number of amides is 1. The van der Waals surface area contributed by atoms with Gasteiger partial charge in [-0.3, -0.25) is 14.3 Å². The van der Waals surface area contributed by atoms with Crippen molar-refractivity contribution in [3.63, 3.8) is 0 Å². The summed E-state index contributed by atoms with van der Waals surface area (Å²) in [5.74, 6) is -0.263. The number of carbonyl (C=O) groups excluding carboxylic acids is 1. The Morgan fingerprint density at radius 2 is 1.88 bits per heavy atom. The van der Waals surface area contributed by atoms with E-state index in [1.165, 1.54) is 0 Å². The van der Waals surface area contributed by atoms with Gasteiger partial charge in [-0.05, 0) is 64.9 Å². The second-order valence-electron chi connectivity index (χ2n) is 7.77. The van der Waals surface area contributed by atoms with E-state index in [1.54, 1.807) is 54.1 Å².